The van der Waals surface area contributed by atoms with E-state index in [0.29, 0.717) is 23.0 Å². The van der Waals surface area contributed by atoms with Gasteiger partial charge < -0.3 is 10.6 Å². The number of hydrogen-bond acceptors (Lipinski definition) is 6. The molecule has 0 saturated carbocycles. The number of aromatic nitrogens is 4. The standard InChI is InChI=1S/C19H20N6O2S/c1-25-19(22-23-24-25)28-13-17(26)21-16-10-6-5-9-15(16)18(27)20-12-11-14-7-3-2-4-8-14/h2-10H,11-13H2,1H3,(H,20,27)(H,21,26). The molecule has 8 nitrogen and oxygen atoms in total. The van der Waals surface area contributed by atoms with Crippen molar-refractivity contribution in [3.8, 4) is 0 Å². The van der Waals surface area contributed by atoms with Gasteiger partial charge in [0.05, 0.1) is 17.0 Å². The molecule has 0 atom stereocenters. The Hall–Kier alpha value is -3.20. The van der Waals surface area contributed by atoms with E-state index in [1.165, 1.54) is 16.4 Å². The molecule has 144 valence electrons. The minimum Gasteiger partial charge on any atom is -0.352 e. The first kappa shape index (κ1) is 19.6. The molecular formula is C19H20N6O2S. The van der Waals surface area contributed by atoms with Crippen molar-refractivity contribution in [3.05, 3.63) is 65.7 Å². The fraction of sp³-hybridized carbons (Fsp3) is 0.211. The molecule has 1 aromatic heterocycles. The molecule has 28 heavy (non-hydrogen) atoms. The third-order valence-corrected chi connectivity index (χ3v) is 4.91. The van der Waals surface area contributed by atoms with Gasteiger partial charge in [0, 0.05) is 13.6 Å². The van der Waals surface area contributed by atoms with Gasteiger partial charge in [-0.3, -0.25) is 9.59 Å². The van der Waals surface area contributed by atoms with Gasteiger partial charge in [-0.25, -0.2) is 4.68 Å². The van der Waals surface area contributed by atoms with E-state index in [1.54, 1.807) is 31.3 Å². The molecule has 0 fully saturated rings. The van der Waals surface area contributed by atoms with E-state index in [0.717, 1.165) is 12.0 Å². The Morgan fingerprint density at radius 1 is 1.07 bits per heavy atom. The maximum atomic E-state index is 12.5. The lowest BCUT2D eigenvalue weighted by molar-refractivity contribution is -0.113. The van der Waals surface area contributed by atoms with E-state index in [4.69, 9.17) is 0 Å². The number of nitrogens with zero attached hydrogens (tertiary/aromatic N) is 4. The molecule has 9 heteroatoms. The molecule has 0 saturated heterocycles. The summed E-state index contributed by atoms with van der Waals surface area (Å²) in [6, 6.07) is 16.9. The molecule has 2 aromatic carbocycles. The van der Waals surface area contributed by atoms with E-state index in [2.05, 4.69) is 26.2 Å². The van der Waals surface area contributed by atoms with Crippen molar-refractivity contribution in [2.45, 2.75) is 11.6 Å². The molecule has 1 heterocycles. The van der Waals surface area contributed by atoms with Crippen molar-refractivity contribution < 1.29 is 9.59 Å². The van der Waals surface area contributed by atoms with Crippen LogP contribution in [0.25, 0.3) is 0 Å². The molecule has 0 aliphatic heterocycles. The predicted octanol–water partition coefficient (Wildman–Crippen LogP) is 1.91. The molecule has 0 aliphatic carbocycles. The number of rotatable bonds is 8. The quantitative estimate of drug-likeness (QED) is 0.564. The predicted molar refractivity (Wildman–Crippen MR) is 107 cm³/mol. The molecule has 2 amide bonds. The molecule has 3 rings (SSSR count). The molecule has 2 N–H and O–H groups in total. The van der Waals surface area contributed by atoms with Gasteiger partial charge in [-0.2, -0.15) is 0 Å². The maximum absolute atomic E-state index is 12.5. The number of carbonyl (C=O) groups excluding carboxylic acids is 2. The van der Waals surface area contributed by atoms with E-state index in [-0.39, 0.29) is 17.6 Å². The summed E-state index contributed by atoms with van der Waals surface area (Å²) in [4.78, 5) is 24.8. The second-order valence-corrected chi connectivity index (χ2v) is 6.90. The highest BCUT2D eigenvalue weighted by molar-refractivity contribution is 7.99. The van der Waals surface area contributed by atoms with Crippen LogP contribution >= 0.6 is 11.8 Å². The average molecular weight is 396 g/mol. The fourth-order valence-corrected chi connectivity index (χ4v) is 3.16. The zero-order chi connectivity index (χ0) is 19.8. The zero-order valence-corrected chi connectivity index (χ0v) is 16.1. The average Bonchev–Trinajstić information content (AvgIpc) is 3.12. The summed E-state index contributed by atoms with van der Waals surface area (Å²) < 4.78 is 1.49. The summed E-state index contributed by atoms with van der Waals surface area (Å²) in [6.07, 6.45) is 0.740. The largest absolute Gasteiger partial charge is 0.352 e. The van der Waals surface area contributed by atoms with Crippen molar-refractivity contribution in [2.75, 3.05) is 17.6 Å². The molecule has 0 spiro atoms. The first-order valence-corrected chi connectivity index (χ1v) is 9.68. The maximum Gasteiger partial charge on any atom is 0.253 e. The number of benzene rings is 2. The Bertz CT molecular complexity index is 944. The van der Waals surface area contributed by atoms with Crippen LogP contribution in [0.3, 0.4) is 0 Å². The van der Waals surface area contributed by atoms with Crippen molar-refractivity contribution in [2.24, 2.45) is 7.05 Å². The highest BCUT2D eigenvalue weighted by Crippen LogP contribution is 2.17. The van der Waals surface area contributed by atoms with Crippen molar-refractivity contribution >= 4 is 29.3 Å². The van der Waals surface area contributed by atoms with Crippen LogP contribution < -0.4 is 10.6 Å². The van der Waals surface area contributed by atoms with Gasteiger partial charge in [0.15, 0.2) is 0 Å². The molecule has 0 unspecified atom stereocenters. The number of para-hydroxylation sites is 1. The van der Waals surface area contributed by atoms with Gasteiger partial charge in [0.1, 0.15) is 0 Å². The molecule has 0 aliphatic rings. The number of thioether (sulfide) groups is 1. The van der Waals surface area contributed by atoms with Gasteiger partial charge in [0.2, 0.25) is 11.1 Å². The minimum atomic E-state index is -0.238. The monoisotopic (exact) mass is 396 g/mol. The smallest absolute Gasteiger partial charge is 0.253 e. The summed E-state index contributed by atoms with van der Waals surface area (Å²) in [5, 5.41) is 17.3. The summed E-state index contributed by atoms with van der Waals surface area (Å²) in [7, 11) is 1.70. The van der Waals surface area contributed by atoms with Crippen LogP contribution in [0.5, 0.6) is 0 Å². The van der Waals surface area contributed by atoms with E-state index < -0.39 is 0 Å². The Balaban J connectivity index is 1.55. The first-order valence-electron chi connectivity index (χ1n) is 8.69. The van der Waals surface area contributed by atoms with Gasteiger partial charge in [0.25, 0.3) is 5.91 Å². The Morgan fingerprint density at radius 3 is 2.57 bits per heavy atom. The summed E-state index contributed by atoms with van der Waals surface area (Å²) in [6.45, 7) is 0.514. The van der Waals surface area contributed by atoms with Gasteiger partial charge in [-0.15, -0.1) is 5.10 Å². The molecule has 0 bridgehead atoms. The normalized spacial score (nSPS) is 10.5. The number of anilines is 1. The SMILES string of the molecule is Cn1nnnc1SCC(=O)Nc1ccccc1C(=O)NCCc1ccccc1. The van der Waals surface area contributed by atoms with Crippen LogP contribution in [0, 0.1) is 0 Å². The number of hydrogen-bond donors (Lipinski definition) is 2. The lowest BCUT2D eigenvalue weighted by Gasteiger charge is -2.11. The van der Waals surface area contributed by atoms with E-state index in [9.17, 15) is 9.59 Å². The van der Waals surface area contributed by atoms with E-state index >= 15 is 0 Å². The van der Waals surface area contributed by atoms with Gasteiger partial charge >= 0.3 is 0 Å². The van der Waals surface area contributed by atoms with Crippen molar-refractivity contribution in [1.82, 2.24) is 25.5 Å². The zero-order valence-electron chi connectivity index (χ0n) is 15.3. The lowest BCUT2D eigenvalue weighted by Crippen LogP contribution is -2.27. The second-order valence-electron chi connectivity index (χ2n) is 5.96. The topological polar surface area (TPSA) is 102 Å². The van der Waals surface area contributed by atoms with Gasteiger partial charge in [-0.05, 0) is 34.5 Å². The first-order chi connectivity index (χ1) is 13.6. The van der Waals surface area contributed by atoms with Crippen molar-refractivity contribution in [3.63, 3.8) is 0 Å². The van der Waals surface area contributed by atoms with E-state index in [1.807, 2.05) is 30.3 Å². The Morgan fingerprint density at radius 2 is 1.82 bits per heavy atom. The highest BCUT2D eigenvalue weighted by Gasteiger charge is 2.14. The Labute approximate surface area is 166 Å². The van der Waals surface area contributed by atoms with Crippen LogP contribution in [0.15, 0.2) is 59.8 Å². The molecular weight excluding hydrogens is 376 g/mol. The third kappa shape index (κ3) is 5.40. The fourth-order valence-electron chi connectivity index (χ4n) is 2.51. The summed E-state index contributed by atoms with van der Waals surface area (Å²) in [5.74, 6) is -0.326. The van der Waals surface area contributed by atoms with Crippen LogP contribution in [-0.4, -0.2) is 44.3 Å². The molecule has 0 radical (unpaired) electrons. The highest BCUT2D eigenvalue weighted by atomic mass is 32.2. The van der Waals surface area contributed by atoms with Crippen LogP contribution in [0.2, 0.25) is 0 Å². The lowest BCUT2D eigenvalue weighted by atomic mass is 10.1. The Kier molecular flexibility index (Phi) is 6.74. The number of carbonyl (C=O) groups is 2. The number of aryl methyl sites for hydroxylation is 1. The van der Waals surface area contributed by atoms with Gasteiger partial charge in [-0.1, -0.05) is 54.2 Å². The number of amides is 2. The van der Waals surface area contributed by atoms with Crippen LogP contribution in [0.1, 0.15) is 15.9 Å². The minimum absolute atomic E-state index is 0.137. The second kappa shape index (κ2) is 9.65. The van der Waals surface area contributed by atoms with Crippen LogP contribution in [-0.2, 0) is 18.3 Å². The van der Waals surface area contributed by atoms with Crippen LogP contribution in [0.4, 0.5) is 5.69 Å². The number of tetrazole rings is 1. The third-order valence-electron chi connectivity index (χ3n) is 3.90. The summed E-state index contributed by atoms with van der Waals surface area (Å²) >= 11 is 1.22. The summed E-state index contributed by atoms with van der Waals surface area (Å²) in [5.41, 5.74) is 2.05. The molecule has 3 aromatic rings. The number of nitrogens with one attached hydrogen (secondary N) is 2. The van der Waals surface area contributed by atoms with Crippen molar-refractivity contribution in [1.29, 1.82) is 0 Å².